The van der Waals surface area contributed by atoms with Crippen molar-refractivity contribution in [1.82, 2.24) is 9.97 Å². The number of aromatic amines is 1. The van der Waals surface area contributed by atoms with Gasteiger partial charge in [0.2, 0.25) is 0 Å². The average molecular weight is 238 g/mol. The topological polar surface area (TPSA) is 37.9 Å². The van der Waals surface area contributed by atoms with Gasteiger partial charge in [0.25, 0.3) is 0 Å². The van der Waals surface area contributed by atoms with Crippen LogP contribution in [0.15, 0.2) is 22.9 Å². The first-order chi connectivity index (χ1) is 7.29. The Balaban J connectivity index is 2.44. The maximum atomic E-state index is 5.09. The fraction of sp³-hybridized carbons (Fsp3) is 0.200. The monoisotopic (exact) mass is 238 g/mol. The lowest BCUT2D eigenvalue weighted by Crippen LogP contribution is -1.98. The second kappa shape index (κ2) is 4.65. The van der Waals surface area contributed by atoms with Gasteiger partial charge in [0, 0.05) is 18.1 Å². The molecule has 3 nitrogen and oxygen atoms in total. The standard InChI is InChI=1S/C10H10N2OS2/c1-13-5-9-11-8(4-10(14)12-9)7-2-3-15-6-7/h2-4,6H,5H2,1H3,(H,11,12,14). The molecular formula is C10H10N2OS2. The molecule has 0 radical (unpaired) electrons. The molecule has 2 rings (SSSR count). The van der Waals surface area contributed by atoms with Crippen molar-refractivity contribution in [2.45, 2.75) is 6.61 Å². The number of nitrogens with zero attached hydrogens (tertiary/aromatic N) is 1. The lowest BCUT2D eigenvalue weighted by Gasteiger charge is -2.03. The molecule has 0 unspecified atom stereocenters. The van der Waals surface area contributed by atoms with Crippen LogP contribution >= 0.6 is 23.6 Å². The first kappa shape index (κ1) is 10.5. The average Bonchev–Trinajstić information content (AvgIpc) is 2.70. The van der Waals surface area contributed by atoms with Crippen LogP contribution < -0.4 is 0 Å². The highest BCUT2D eigenvalue weighted by Crippen LogP contribution is 2.19. The van der Waals surface area contributed by atoms with Gasteiger partial charge in [-0.1, -0.05) is 12.2 Å². The summed E-state index contributed by atoms with van der Waals surface area (Å²) in [4.78, 5) is 7.36. The van der Waals surface area contributed by atoms with E-state index < -0.39 is 0 Å². The lowest BCUT2D eigenvalue weighted by molar-refractivity contribution is 0.178. The van der Waals surface area contributed by atoms with Crippen LogP contribution in [0.3, 0.4) is 0 Å². The molecule has 0 aromatic carbocycles. The molecule has 0 saturated carbocycles. The molecule has 1 N–H and O–H groups in total. The van der Waals surface area contributed by atoms with Crippen LogP contribution in [0.2, 0.25) is 0 Å². The maximum absolute atomic E-state index is 5.09. The van der Waals surface area contributed by atoms with Gasteiger partial charge in [-0.25, -0.2) is 4.98 Å². The van der Waals surface area contributed by atoms with Crippen LogP contribution in [0, 0.1) is 4.64 Å². The van der Waals surface area contributed by atoms with E-state index in [-0.39, 0.29) is 0 Å². The minimum atomic E-state index is 0.446. The van der Waals surface area contributed by atoms with Gasteiger partial charge in [-0.15, -0.1) is 0 Å². The van der Waals surface area contributed by atoms with Crippen molar-refractivity contribution < 1.29 is 4.74 Å². The quantitative estimate of drug-likeness (QED) is 0.835. The van der Waals surface area contributed by atoms with Gasteiger partial charge < -0.3 is 9.72 Å². The molecule has 78 valence electrons. The number of H-pyrrole nitrogens is 1. The molecule has 2 aromatic rings. The Morgan fingerprint density at radius 1 is 1.60 bits per heavy atom. The van der Waals surface area contributed by atoms with E-state index in [9.17, 15) is 0 Å². The molecule has 0 saturated heterocycles. The second-order valence-corrected chi connectivity index (χ2v) is 4.22. The van der Waals surface area contributed by atoms with Crippen molar-refractivity contribution in [3.05, 3.63) is 33.4 Å². The van der Waals surface area contributed by atoms with E-state index in [2.05, 4.69) is 15.3 Å². The first-order valence-corrected chi connectivity index (χ1v) is 5.76. The lowest BCUT2D eigenvalue weighted by atomic mass is 10.2. The smallest absolute Gasteiger partial charge is 0.134 e. The Kier molecular flexibility index (Phi) is 3.25. The number of thiophene rings is 1. The molecule has 0 aliphatic rings. The minimum Gasteiger partial charge on any atom is -0.377 e. The second-order valence-electron chi connectivity index (χ2n) is 3.02. The van der Waals surface area contributed by atoms with Gasteiger partial charge >= 0.3 is 0 Å². The molecule has 0 bridgehead atoms. The SMILES string of the molecule is COCc1nc(=S)cc(-c2ccsc2)[nH]1. The Morgan fingerprint density at radius 3 is 3.13 bits per heavy atom. The van der Waals surface area contributed by atoms with Gasteiger partial charge in [0.15, 0.2) is 0 Å². The van der Waals surface area contributed by atoms with E-state index in [1.54, 1.807) is 18.4 Å². The predicted molar refractivity (Wildman–Crippen MR) is 63.4 cm³/mol. The van der Waals surface area contributed by atoms with E-state index in [0.29, 0.717) is 11.2 Å². The summed E-state index contributed by atoms with van der Waals surface area (Å²) in [7, 11) is 1.63. The normalized spacial score (nSPS) is 10.5. The zero-order chi connectivity index (χ0) is 10.7. The summed E-state index contributed by atoms with van der Waals surface area (Å²) in [5.41, 5.74) is 2.12. The highest BCUT2D eigenvalue weighted by molar-refractivity contribution is 7.71. The molecule has 2 aromatic heterocycles. The number of hydrogen-bond acceptors (Lipinski definition) is 4. The fourth-order valence-corrected chi connectivity index (χ4v) is 2.17. The summed E-state index contributed by atoms with van der Waals surface area (Å²) in [6.07, 6.45) is 0. The summed E-state index contributed by atoms with van der Waals surface area (Å²) in [6, 6.07) is 3.90. The highest BCUT2D eigenvalue weighted by Gasteiger charge is 2.01. The first-order valence-electron chi connectivity index (χ1n) is 4.41. The largest absolute Gasteiger partial charge is 0.377 e. The fourth-order valence-electron chi connectivity index (χ4n) is 1.29. The van der Waals surface area contributed by atoms with Crippen molar-refractivity contribution in [2.75, 3.05) is 7.11 Å². The van der Waals surface area contributed by atoms with Crippen molar-refractivity contribution in [2.24, 2.45) is 0 Å². The molecule has 0 aliphatic carbocycles. The van der Waals surface area contributed by atoms with Gasteiger partial charge in [0.1, 0.15) is 17.1 Å². The van der Waals surface area contributed by atoms with Crippen LogP contribution in [-0.4, -0.2) is 17.1 Å². The third-order valence-electron chi connectivity index (χ3n) is 1.91. The van der Waals surface area contributed by atoms with Crippen LogP contribution in [0.1, 0.15) is 5.82 Å². The number of aromatic nitrogens is 2. The summed E-state index contributed by atoms with van der Waals surface area (Å²) >= 11 is 6.75. The third kappa shape index (κ3) is 2.50. The Morgan fingerprint density at radius 2 is 2.47 bits per heavy atom. The Bertz CT molecular complexity index is 490. The molecule has 15 heavy (non-hydrogen) atoms. The molecule has 0 spiro atoms. The molecule has 5 heteroatoms. The van der Waals surface area contributed by atoms with Crippen LogP contribution in [-0.2, 0) is 11.3 Å². The third-order valence-corrected chi connectivity index (χ3v) is 2.80. The van der Waals surface area contributed by atoms with E-state index in [4.69, 9.17) is 17.0 Å². The molecule has 2 heterocycles. The van der Waals surface area contributed by atoms with Crippen LogP contribution in [0.5, 0.6) is 0 Å². The summed E-state index contributed by atoms with van der Waals surface area (Å²) in [6.45, 7) is 0.446. The number of hydrogen-bond donors (Lipinski definition) is 1. The van der Waals surface area contributed by atoms with E-state index >= 15 is 0 Å². The predicted octanol–water partition coefficient (Wildman–Crippen LogP) is 3.01. The summed E-state index contributed by atoms with van der Waals surface area (Å²) in [5, 5.41) is 4.10. The van der Waals surface area contributed by atoms with Gasteiger partial charge in [-0.2, -0.15) is 11.3 Å². The highest BCUT2D eigenvalue weighted by atomic mass is 32.1. The number of ether oxygens (including phenoxy) is 1. The number of nitrogens with one attached hydrogen (secondary N) is 1. The number of rotatable bonds is 3. The van der Waals surface area contributed by atoms with E-state index in [1.807, 2.05) is 17.5 Å². The van der Waals surface area contributed by atoms with Crippen LogP contribution in [0.4, 0.5) is 0 Å². The Labute approximate surface area is 96.8 Å². The zero-order valence-corrected chi connectivity index (χ0v) is 9.82. The van der Waals surface area contributed by atoms with Gasteiger partial charge in [0.05, 0.1) is 5.69 Å². The summed E-state index contributed by atoms with van der Waals surface area (Å²) in [5.74, 6) is 0.756. The Hall–Kier alpha value is -1.04. The molecule has 0 atom stereocenters. The molecular weight excluding hydrogens is 228 g/mol. The van der Waals surface area contributed by atoms with E-state index in [1.165, 1.54) is 0 Å². The van der Waals surface area contributed by atoms with Gasteiger partial charge in [-0.3, -0.25) is 0 Å². The zero-order valence-electron chi connectivity index (χ0n) is 8.19. The number of methoxy groups -OCH3 is 1. The van der Waals surface area contributed by atoms with Crippen LogP contribution in [0.25, 0.3) is 11.3 Å². The van der Waals surface area contributed by atoms with Gasteiger partial charge in [-0.05, 0) is 17.5 Å². The molecule has 0 aliphatic heterocycles. The minimum absolute atomic E-state index is 0.446. The maximum Gasteiger partial charge on any atom is 0.134 e. The van der Waals surface area contributed by atoms with Crippen molar-refractivity contribution >= 4 is 23.6 Å². The molecule has 0 fully saturated rings. The van der Waals surface area contributed by atoms with Crippen molar-refractivity contribution in [1.29, 1.82) is 0 Å². The van der Waals surface area contributed by atoms with E-state index in [0.717, 1.165) is 17.1 Å². The summed E-state index contributed by atoms with van der Waals surface area (Å²) < 4.78 is 5.60. The molecule has 0 amide bonds. The van der Waals surface area contributed by atoms with Crippen molar-refractivity contribution in [3.63, 3.8) is 0 Å². The van der Waals surface area contributed by atoms with Crippen molar-refractivity contribution in [3.8, 4) is 11.3 Å².